The fourth-order valence-electron chi connectivity index (χ4n) is 3.92. The fraction of sp³-hybridized carbons (Fsp3) is 0.179. The molecule has 0 saturated heterocycles. The fourth-order valence-corrected chi connectivity index (χ4v) is 3.92. The Morgan fingerprint density at radius 2 is 1.82 bits per heavy atom. The van der Waals surface area contributed by atoms with Crippen molar-refractivity contribution in [3.63, 3.8) is 0 Å². The summed E-state index contributed by atoms with van der Waals surface area (Å²) in [5, 5.41) is 23.2. The van der Waals surface area contributed by atoms with Gasteiger partial charge in [0, 0.05) is 16.5 Å². The van der Waals surface area contributed by atoms with E-state index in [1.54, 1.807) is 6.92 Å². The van der Waals surface area contributed by atoms with Crippen LogP contribution in [0.2, 0.25) is 0 Å². The lowest BCUT2D eigenvalue weighted by Crippen LogP contribution is -2.26. The maximum absolute atomic E-state index is 11.5. The molecular weight excluding hydrogens is 426 g/mol. The Morgan fingerprint density at radius 3 is 2.50 bits per heavy atom. The van der Waals surface area contributed by atoms with Crippen molar-refractivity contribution in [3.8, 4) is 34.2 Å². The van der Waals surface area contributed by atoms with E-state index in [1.807, 2.05) is 80.6 Å². The van der Waals surface area contributed by atoms with Crippen molar-refractivity contribution in [2.24, 2.45) is 0 Å². The van der Waals surface area contributed by atoms with E-state index < -0.39 is 12.0 Å². The molecule has 0 spiro atoms. The van der Waals surface area contributed by atoms with Crippen LogP contribution in [0.1, 0.15) is 25.0 Å². The normalized spacial score (nSPS) is 11.6. The molecule has 0 saturated carbocycles. The highest BCUT2D eigenvalue weighted by Gasteiger charge is 2.20. The number of nitrogens with one attached hydrogen (secondary N) is 1. The SMILES string of the molecule is CCOc1ccccc1-c1ccc(-c2nc3cc(C)ccc3c(N[C@H](C)C(=O)O)c2C#N)cc1. The molecule has 6 heteroatoms. The second-order valence-electron chi connectivity index (χ2n) is 8.05. The number of rotatable bonds is 7. The lowest BCUT2D eigenvalue weighted by atomic mass is 9.97. The van der Waals surface area contributed by atoms with Crippen molar-refractivity contribution in [1.82, 2.24) is 4.98 Å². The van der Waals surface area contributed by atoms with Crippen LogP contribution in [0.25, 0.3) is 33.3 Å². The van der Waals surface area contributed by atoms with Gasteiger partial charge in [-0.2, -0.15) is 5.26 Å². The van der Waals surface area contributed by atoms with E-state index in [1.165, 1.54) is 0 Å². The Bertz CT molecular complexity index is 1410. The van der Waals surface area contributed by atoms with Crippen molar-refractivity contribution in [3.05, 3.63) is 77.9 Å². The standard InChI is InChI=1S/C28H25N3O3/c1-4-34-25-8-6-5-7-21(25)19-10-12-20(13-11-19)26-23(16-29)27(30-18(3)28(32)33)22-14-9-17(2)15-24(22)31-26/h5-15,18H,4H2,1-3H3,(H,30,31)(H,32,33)/t18-/m1/s1. The first-order valence-electron chi connectivity index (χ1n) is 11.1. The van der Waals surface area contributed by atoms with Gasteiger partial charge in [-0.05, 0) is 44.0 Å². The van der Waals surface area contributed by atoms with Crippen molar-refractivity contribution in [1.29, 1.82) is 5.26 Å². The number of hydrogen-bond acceptors (Lipinski definition) is 5. The van der Waals surface area contributed by atoms with Gasteiger partial charge in [0.05, 0.1) is 23.5 Å². The average Bonchev–Trinajstić information content (AvgIpc) is 2.84. The molecule has 0 radical (unpaired) electrons. The average molecular weight is 452 g/mol. The van der Waals surface area contributed by atoms with Crippen LogP contribution in [0, 0.1) is 18.3 Å². The van der Waals surface area contributed by atoms with Gasteiger partial charge >= 0.3 is 5.97 Å². The molecule has 0 aliphatic heterocycles. The van der Waals surface area contributed by atoms with Crippen molar-refractivity contribution in [2.45, 2.75) is 26.8 Å². The Morgan fingerprint density at radius 1 is 1.12 bits per heavy atom. The van der Waals surface area contributed by atoms with Gasteiger partial charge in [-0.25, -0.2) is 4.98 Å². The molecule has 0 unspecified atom stereocenters. The van der Waals surface area contributed by atoms with Gasteiger partial charge in [-0.3, -0.25) is 4.79 Å². The predicted molar refractivity (Wildman–Crippen MR) is 134 cm³/mol. The number of hydrogen-bond donors (Lipinski definition) is 2. The maximum atomic E-state index is 11.5. The summed E-state index contributed by atoms with van der Waals surface area (Å²) in [7, 11) is 0. The number of fused-ring (bicyclic) bond motifs is 1. The van der Waals surface area contributed by atoms with E-state index in [0.29, 0.717) is 34.5 Å². The third-order valence-corrected chi connectivity index (χ3v) is 5.64. The molecule has 0 aliphatic rings. The van der Waals surface area contributed by atoms with E-state index in [-0.39, 0.29) is 0 Å². The van der Waals surface area contributed by atoms with Gasteiger partial charge in [-0.1, -0.05) is 54.6 Å². The monoisotopic (exact) mass is 451 g/mol. The molecule has 0 bridgehead atoms. The number of pyridine rings is 1. The molecule has 170 valence electrons. The Balaban J connectivity index is 1.86. The third-order valence-electron chi connectivity index (χ3n) is 5.64. The van der Waals surface area contributed by atoms with Crippen LogP contribution >= 0.6 is 0 Å². The number of ether oxygens (including phenoxy) is 1. The largest absolute Gasteiger partial charge is 0.493 e. The first-order chi connectivity index (χ1) is 16.4. The summed E-state index contributed by atoms with van der Waals surface area (Å²) in [5.41, 5.74) is 5.75. The van der Waals surface area contributed by atoms with Gasteiger partial charge in [0.25, 0.3) is 0 Å². The number of aromatic nitrogens is 1. The van der Waals surface area contributed by atoms with Crippen LogP contribution in [0.15, 0.2) is 66.7 Å². The molecule has 1 aromatic heterocycles. The van der Waals surface area contributed by atoms with Crippen LogP contribution in [-0.4, -0.2) is 28.7 Å². The molecule has 0 amide bonds. The number of aryl methyl sites for hydroxylation is 1. The second-order valence-corrected chi connectivity index (χ2v) is 8.05. The smallest absolute Gasteiger partial charge is 0.325 e. The molecule has 4 rings (SSSR count). The summed E-state index contributed by atoms with van der Waals surface area (Å²) < 4.78 is 5.76. The minimum atomic E-state index is -1.00. The highest BCUT2D eigenvalue weighted by Crippen LogP contribution is 2.36. The summed E-state index contributed by atoms with van der Waals surface area (Å²) >= 11 is 0. The number of nitriles is 1. The number of para-hydroxylation sites is 1. The molecule has 3 aromatic carbocycles. The van der Waals surface area contributed by atoms with Crippen LogP contribution in [0.5, 0.6) is 5.75 Å². The van der Waals surface area contributed by atoms with E-state index in [4.69, 9.17) is 9.72 Å². The van der Waals surface area contributed by atoms with Gasteiger partial charge in [0.15, 0.2) is 0 Å². The van der Waals surface area contributed by atoms with E-state index in [2.05, 4.69) is 11.4 Å². The Kier molecular flexibility index (Phi) is 6.46. The zero-order valence-electron chi connectivity index (χ0n) is 19.3. The van der Waals surface area contributed by atoms with Crippen LogP contribution < -0.4 is 10.1 Å². The Hall–Kier alpha value is -4.37. The number of carboxylic acids is 1. The molecule has 34 heavy (non-hydrogen) atoms. The quantitative estimate of drug-likeness (QED) is 0.356. The summed E-state index contributed by atoms with van der Waals surface area (Å²) in [6.45, 7) is 6.05. The predicted octanol–water partition coefficient (Wildman–Crippen LogP) is 6.03. The first kappa shape index (κ1) is 22.8. The van der Waals surface area contributed by atoms with Crippen molar-refractivity contribution in [2.75, 3.05) is 11.9 Å². The number of anilines is 1. The summed E-state index contributed by atoms with van der Waals surface area (Å²) in [5.74, 6) is -0.191. The minimum absolute atomic E-state index is 0.312. The zero-order valence-corrected chi connectivity index (χ0v) is 19.3. The van der Waals surface area contributed by atoms with E-state index in [0.717, 1.165) is 28.0 Å². The second kappa shape index (κ2) is 9.63. The molecule has 1 heterocycles. The van der Waals surface area contributed by atoms with Gasteiger partial charge in [-0.15, -0.1) is 0 Å². The van der Waals surface area contributed by atoms with Gasteiger partial charge in [0.2, 0.25) is 0 Å². The number of nitrogens with zero attached hydrogens (tertiary/aromatic N) is 2. The number of aliphatic carboxylic acids is 1. The lowest BCUT2D eigenvalue weighted by Gasteiger charge is -2.18. The molecular formula is C28H25N3O3. The highest BCUT2D eigenvalue weighted by molar-refractivity contribution is 5.99. The van der Waals surface area contributed by atoms with Crippen molar-refractivity contribution < 1.29 is 14.6 Å². The minimum Gasteiger partial charge on any atom is -0.493 e. The summed E-state index contributed by atoms with van der Waals surface area (Å²) in [6.07, 6.45) is 0. The maximum Gasteiger partial charge on any atom is 0.325 e. The summed E-state index contributed by atoms with van der Waals surface area (Å²) in [6, 6.07) is 22.8. The molecule has 6 nitrogen and oxygen atoms in total. The first-order valence-corrected chi connectivity index (χ1v) is 11.1. The zero-order chi connectivity index (χ0) is 24.2. The number of carbonyl (C=O) groups is 1. The number of benzene rings is 3. The van der Waals surface area contributed by atoms with Gasteiger partial charge in [0.1, 0.15) is 23.4 Å². The molecule has 0 fully saturated rings. The van der Waals surface area contributed by atoms with Crippen LogP contribution in [0.4, 0.5) is 5.69 Å². The van der Waals surface area contributed by atoms with Crippen molar-refractivity contribution >= 4 is 22.6 Å². The molecule has 1 atom stereocenters. The van der Waals surface area contributed by atoms with Gasteiger partial charge < -0.3 is 15.2 Å². The van der Waals surface area contributed by atoms with Crippen LogP contribution in [-0.2, 0) is 4.79 Å². The summed E-state index contributed by atoms with van der Waals surface area (Å²) in [4.78, 5) is 16.3. The highest BCUT2D eigenvalue weighted by atomic mass is 16.5. The molecule has 0 aliphatic carbocycles. The lowest BCUT2D eigenvalue weighted by molar-refractivity contribution is -0.137. The third kappa shape index (κ3) is 4.41. The van der Waals surface area contributed by atoms with Crippen LogP contribution in [0.3, 0.4) is 0 Å². The Labute approximate surface area is 198 Å². The number of carboxylic acid groups (broad SMARTS) is 1. The van der Waals surface area contributed by atoms with E-state index in [9.17, 15) is 15.2 Å². The topological polar surface area (TPSA) is 95.2 Å². The molecule has 2 N–H and O–H groups in total. The van der Waals surface area contributed by atoms with E-state index >= 15 is 0 Å². The molecule has 4 aromatic rings.